The number of carbonyl (C=O) groups excluding carboxylic acids is 1. The molecule has 1 saturated heterocycles. The van der Waals surface area contributed by atoms with E-state index in [1.807, 2.05) is 18.2 Å². The van der Waals surface area contributed by atoms with Gasteiger partial charge in [-0.15, -0.1) is 0 Å². The maximum absolute atomic E-state index is 14.5. The molecule has 2 aromatic carbocycles. The lowest BCUT2D eigenvalue weighted by atomic mass is 9.93. The number of aldehydes is 1. The van der Waals surface area contributed by atoms with Crippen LogP contribution >= 0.6 is 34.5 Å². The molecule has 7 rings (SSSR count). The molecular formula is C30H30Cl2FN3O4S. The van der Waals surface area contributed by atoms with E-state index in [9.17, 15) is 9.18 Å². The Morgan fingerprint density at radius 1 is 1.17 bits per heavy atom. The number of nitrogens with zero attached hydrogens (tertiary/aromatic N) is 3. The van der Waals surface area contributed by atoms with Gasteiger partial charge < -0.3 is 19.3 Å². The number of rotatable bonds is 8. The van der Waals surface area contributed by atoms with Crippen LogP contribution in [0.1, 0.15) is 53.3 Å². The van der Waals surface area contributed by atoms with Crippen molar-refractivity contribution < 1.29 is 23.6 Å². The molecule has 3 unspecified atom stereocenters. The predicted molar refractivity (Wildman–Crippen MR) is 159 cm³/mol. The number of halogens is 3. The quantitative estimate of drug-likeness (QED) is 0.206. The minimum atomic E-state index is -0.445. The van der Waals surface area contributed by atoms with E-state index in [4.69, 9.17) is 37.6 Å². The number of hydrogen-bond acceptors (Lipinski definition) is 8. The molecule has 3 heterocycles. The molecule has 2 aromatic heterocycles. The van der Waals surface area contributed by atoms with Gasteiger partial charge in [-0.05, 0) is 67.7 Å². The van der Waals surface area contributed by atoms with Gasteiger partial charge in [-0.1, -0.05) is 45.8 Å². The monoisotopic (exact) mass is 617 g/mol. The van der Waals surface area contributed by atoms with Crippen molar-refractivity contribution >= 4 is 56.2 Å². The summed E-state index contributed by atoms with van der Waals surface area (Å²) in [4.78, 5) is 18.0. The first-order valence-electron chi connectivity index (χ1n) is 13.8. The molecule has 1 aliphatic heterocycles. The van der Waals surface area contributed by atoms with Crippen molar-refractivity contribution in [2.24, 2.45) is 17.8 Å². The van der Waals surface area contributed by atoms with Crippen LogP contribution in [0.2, 0.25) is 10.0 Å². The van der Waals surface area contributed by atoms with Gasteiger partial charge in [0.2, 0.25) is 0 Å². The SMILES string of the molecule is CO.O=Cc1cc(F)c2nc(N3CC4CCC(COCc5c(-c6c(Cl)cccc6Cl)noc5C5CC5)C4C3)sc2c1. The average molecular weight is 619 g/mol. The lowest BCUT2D eigenvalue weighted by Gasteiger charge is -2.20. The Hall–Kier alpha value is -2.56. The first kappa shape index (κ1) is 28.6. The standard InChI is InChI=1S/C29H26Cl2FN3O3S.CH4O/c30-21-2-1-3-22(31)25(21)26-20(28(38-34-26)16-4-5-16)14-37-13-18-7-6-17-10-35(11-19(17)18)29-33-27-23(32)8-15(12-36)9-24(27)39-29;1-2/h1-3,8-9,12,16-19H,4-7,10-11,13-14H2;2H,1H3. The van der Waals surface area contributed by atoms with Gasteiger partial charge in [0, 0.05) is 42.8 Å². The molecule has 2 saturated carbocycles. The molecule has 11 heteroatoms. The van der Waals surface area contributed by atoms with E-state index in [0.717, 1.165) is 62.3 Å². The Kier molecular flexibility index (Phi) is 8.34. The second-order valence-electron chi connectivity index (χ2n) is 10.9. The molecule has 7 nitrogen and oxygen atoms in total. The molecule has 3 atom stereocenters. The smallest absolute Gasteiger partial charge is 0.186 e. The molecule has 3 fully saturated rings. The summed E-state index contributed by atoms with van der Waals surface area (Å²) in [6, 6.07) is 8.40. The number of anilines is 1. The van der Waals surface area contributed by atoms with Crippen molar-refractivity contribution in [1.29, 1.82) is 0 Å². The van der Waals surface area contributed by atoms with Crippen LogP contribution in [0.15, 0.2) is 34.9 Å². The van der Waals surface area contributed by atoms with Crippen LogP contribution in [-0.2, 0) is 11.3 Å². The van der Waals surface area contributed by atoms with Crippen molar-refractivity contribution in [3.63, 3.8) is 0 Å². The summed E-state index contributed by atoms with van der Waals surface area (Å²) in [5, 5.41) is 13.3. The molecule has 0 radical (unpaired) electrons. The van der Waals surface area contributed by atoms with Crippen LogP contribution in [0.3, 0.4) is 0 Å². The fourth-order valence-corrected chi connectivity index (χ4v) is 7.93. The third-order valence-corrected chi connectivity index (χ3v) is 10.1. The van der Waals surface area contributed by atoms with Crippen LogP contribution in [0.25, 0.3) is 21.5 Å². The van der Waals surface area contributed by atoms with Crippen molar-refractivity contribution in [2.75, 3.05) is 31.7 Å². The lowest BCUT2D eigenvalue weighted by Crippen LogP contribution is -2.24. The molecule has 3 aliphatic rings. The molecular weight excluding hydrogens is 588 g/mol. The Balaban J connectivity index is 0.00000148. The van der Waals surface area contributed by atoms with Gasteiger partial charge >= 0.3 is 0 Å². The maximum atomic E-state index is 14.5. The summed E-state index contributed by atoms with van der Waals surface area (Å²) >= 11 is 14.5. The molecule has 0 amide bonds. The minimum Gasteiger partial charge on any atom is -0.400 e. The number of aliphatic hydroxyl groups is 1. The number of aliphatic hydroxyl groups excluding tert-OH is 1. The predicted octanol–water partition coefficient (Wildman–Crippen LogP) is 7.37. The summed E-state index contributed by atoms with van der Waals surface area (Å²) in [6.45, 7) is 2.84. The second kappa shape index (κ2) is 12.0. The van der Waals surface area contributed by atoms with Crippen LogP contribution < -0.4 is 4.90 Å². The first-order chi connectivity index (χ1) is 20.0. The van der Waals surface area contributed by atoms with Gasteiger partial charge in [-0.25, -0.2) is 9.37 Å². The number of carbonyl (C=O) groups is 1. The molecule has 1 N–H and O–H groups in total. The Bertz CT molecular complexity index is 1550. The molecule has 2 aliphatic carbocycles. The number of hydrogen-bond donors (Lipinski definition) is 1. The zero-order chi connectivity index (χ0) is 28.7. The van der Waals surface area contributed by atoms with Gasteiger partial charge in [0.05, 0.1) is 28.0 Å². The highest BCUT2D eigenvalue weighted by atomic mass is 35.5. The molecule has 0 bridgehead atoms. The number of thiazole rings is 1. The molecule has 0 spiro atoms. The van der Waals surface area contributed by atoms with Gasteiger partial charge in [-0.3, -0.25) is 4.79 Å². The van der Waals surface area contributed by atoms with Gasteiger partial charge in [0.25, 0.3) is 0 Å². The Morgan fingerprint density at radius 3 is 2.68 bits per heavy atom. The highest BCUT2D eigenvalue weighted by molar-refractivity contribution is 7.22. The third-order valence-electron chi connectivity index (χ3n) is 8.42. The zero-order valence-corrected chi connectivity index (χ0v) is 24.8. The highest BCUT2D eigenvalue weighted by Gasteiger charge is 2.43. The van der Waals surface area contributed by atoms with Gasteiger partial charge in [-0.2, -0.15) is 0 Å². The topological polar surface area (TPSA) is 88.7 Å². The number of ether oxygens (including phenoxy) is 1. The van der Waals surface area contributed by atoms with E-state index in [2.05, 4.69) is 15.0 Å². The van der Waals surface area contributed by atoms with E-state index in [1.165, 1.54) is 17.4 Å². The largest absolute Gasteiger partial charge is 0.400 e. The van der Waals surface area contributed by atoms with Crippen molar-refractivity contribution in [2.45, 2.75) is 38.2 Å². The summed E-state index contributed by atoms with van der Waals surface area (Å²) < 4.78 is 27.3. The number of fused-ring (bicyclic) bond motifs is 2. The normalized spacial score (nSPS) is 21.7. The van der Waals surface area contributed by atoms with E-state index in [1.54, 1.807) is 6.07 Å². The summed E-state index contributed by atoms with van der Waals surface area (Å²) in [6.07, 6.45) is 5.12. The highest BCUT2D eigenvalue weighted by Crippen LogP contribution is 2.47. The summed E-state index contributed by atoms with van der Waals surface area (Å²) in [5.41, 5.74) is 2.98. The molecule has 41 heavy (non-hydrogen) atoms. The second-order valence-corrected chi connectivity index (χ2v) is 12.7. The number of aromatic nitrogens is 2. The van der Waals surface area contributed by atoms with Crippen LogP contribution in [0, 0.1) is 23.6 Å². The molecule has 4 aromatic rings. The van der Waals surface area contributed by atoms with E-state index in [0.29, 0.717) is 80.3 Å². The van der Waals surface area contributed by atoms with E-state index in [-0.39, 0.29) is 0 Å². The third kappa shape index (κ3) is 5.50. The number of benzene rings is 2. The lowest BCUT2D eigenvalue weighted by molar-refractivity contribution is 0.0738. The summed E-state index contributed by atoms with van der Waals surface area (Å²) in [5.74, 6) is 2.32. The van der Waals surface area contributed by atoms with Crippen molar-refractivity contribution in [3.8, 4) is 11.3 Å². The Morgan fingerprint density at radius 2 is 1.95 bits per heavy atom. The Labute approximate surface area is 251 Å². The van der Waals surface area contributed by atoms with E-state index >= 15 is 0 Å². The van der Waals surface area contributed by atoms with Crippen LogP contribution in [0.4, 0.5) is 9.52 Å². The summed E-state index contributed by atoms with van der Waals surface area (Å²) in [7, 11) is 1.00. The van der Waals surface area contributed by atoms with Crippen molar-refractivity contribution in [1.82, 2.24) is 10.1 Å². The van der Waals surface area contributed by atoms with E-state index < -0.39 is 5.82 Å². The first-order valence-corrected chi connectivity index (χ1v) is 15.3. The van der Waals surface area contributed by atoms with Crippen LogP contribution in [-0.4, -0.2) is 48.3 Å². The van der Waals surface area contributed by atoms with Crippen molar-refractivity contribution in [3.05, 3.63) is 63.1 Å². The zero-order valence-electron chi connectivity index (χ0n) is 22.5. The average Bonchev–Trinajstić information content (AvgIpc) is 3.28. The minimum absolute atomic E-state index is 0.336. The fourth-order valence-electron chi connectivity index (χ4n) is 6.30. The van der Waals surface area contributed by atoms with Gasteiger partial charge in [0.15, 0.2) is 10.9 Å². The fraction of sp³-hybridized carbons (Fsp3) is 0.433. The van der Waals surface area contributed by atoms with Gasteiger partial charge in [0.1, 0.15) is 23.3 Å². The molecule has 216 valence electrons. The van der Waals surface area contributed by atoms with Crippen LogP contribution in [0.5, 0.6) is 0 Å². The maximum Gasteiger partial charge on any atom is 0.186 e.